The van der Waals surface area contributed by atoms with Crippen LogP contribution in [0.25, 0.3) is 0 Å². The van der Waals surface area contributed by atoms with Crippen LogP contribution in [-0.4, -0.2) is 28.6 Å². The minimum absolute atomic E-state index is 0.0258. The summed E-state index contributed by atoms with van der Waals surface area (Å²) >= 11 is 3.31. The van der Waals surface area contributed by atoms with Gasteiger partial charge in [0.05, 0.1) is 11.8 Å². The van der Waals surface area contributed by atoms with Crippen LogP contribution in [0.2, 0.25) is 0 Å². The van der Waals surface area contributed by atoms with Crippen molar-refractivity contribution in [1.29, 1.82) is 0 Å². The van der Waals surface area contributed by atoms with Crippen molar-refractivity contribution in [3.63, 3.8) is 0 Å². The summed E-state index contributed by atoms with van der Waals surface area (Å²) in [6, 6.07) is 0. The molecule has 2 amide bonds. The van der Waals surface area contributed by atoms with Crippen LogP contribution in [0.5, 0.6) is 0 Å². The molecule has 1 saturated heterocycles. The summed E-state index contributed by atoms with van der Waals surface area (Å²) in [6.07, 6.45) is 3.73. The Morgan fingerprint density at radius 3 is 2.29 bits per heavy atom. The van der Waals surface area contributed by atoms with Crippen LogP contribution in [0.1, 0.15) is 25.7 Å². The molecule has 0 bridgehead atoms. The molecule has 3 nitrogen and oxygen atoms in total. The van der Waals surface area contributed by atoms with Crippen molar-refractivity contribution in [3.05, 3.63) is 0 Å². The van der Waals surface area contributed by atoms with E-state index in [0.717, 1.165) is 31.0 Å². The number of carbonyl (C=O) groups is 2. The molecule has 1 aliphatic heterocycles. The number of hydrogen-bond acceptors (Lipinski definition) is 2. The molecule has 0 aromatic heterocycles. The third-order valence-electron chi connectivity index (χ3n) is 3.20. The molecule has 0 aromatic carbocycles. The second-order valence-corrected chi connectivity index (χ2v) is 4.81. The number of rotatable bonds is 3. The van der Waals surface area contributed by atoms with Gasteiger partial charge < -0.3 is 0 Å². The van der Waals surface area contributed by atoms with E-state index in [-0.39, 0.29) is 23.7 Å². The van der Waals surface area contributed by atoms with E-state index in [4.69, 9.17) is 0 Å². The number of hydrogen-bond donors (Lipinski definition) is 0. The van der Waals surface area contributed by atoms with Gasteiger partial charge in [-0.05, 0) is 19.3 Å². The topological polar surface area (TPSA) is 37.4 Å². The molecule has 1 saturated carbocycles. The van der Waals surface area contributed by atoms with Gasteiger partial charge in [0.1, 0.15) is 0 Å². The first-order valence-corrected chi connectivity index (χ1v) is 6.29. The Hall–Kier alpha value is -0.380. The third-order valence-corrected chi connectivity index (χ3v) is 3.76. The molecule has 0 N–H and O–H groups in total. The number of amides is 2. The standard InChI is InChI=1S/C10H14BrNO2/c11-5-2-6-12-9(13)7-3-1-4-8(7)10(12)14/h7-8H,1-6H2. The Balaban J connectivity index is 2.06. The first-order chi connectivity index (χ1) is 6.75. The van der Waals surface area contributed by atoms with Crippen molar-refractivity contribution in [1.82, 2.24) is 4.90 Å². The predicted molar refractivity (Wildman–Crippen MR) is 56.0 cm³/mol. The minimum Gasteiger partial charge on any atom is -0.282 e. The van der Waals surface area contributed by atoms with Crippen LogP contribution in [0.15, 0.2) is 0 Å². The Bertz CT molecular complexity index is 245. The van der Waals surface area contributed by atoms with Crippen LogP contribution >= 0.6 is 15.9 Å². The van der Waals surface area contributed by atoms with Crippen molar-refractivity contribution in [2.75, 3.05) is 11.9 Å². The van der Waals surface area contributed by atoms with Crippen molar-refractivity contribution >= 4 is 27.7 Å². The lowest BCUT2D eigenvalue weighted by Gasteiger charge is -2.14. The number of fused-ring (bicyclic) bond motifs is 1. The molecule has 2 aliphatic rings. The lowest BCUT2D eigenvalue weighted by Crippen LogP contribution is -2.32. The quantitative estimate of drug-likeness (QED) is 0.570. The maximum absolute atomic E-state index is 11.8. The van der Waals surface area contributed by atoms with E-state index in [1.807, 2.05) is 0 Å². The van der Waals surface area contributed by atoms with Crippen LogP contribution < -0.4 is 0 Å². The fourth-order valence-electron chi connectivity index (χ4n) is 2.50. The van der Waals surface area contributed by atoms with Gasteiger partial charge in [-0.1, -0.05) is 22.4 Å². The first kappa shape index (κ1) is 10.1. The molecule has 4 heteroatoms. The van der Waals surface area contributed by atoms with Gasteiger partial charge in [0.25, 0.3) is 0 Å². The average Bonchev–Trinajstić information content (AvgIpc) is 2.72. The SMILES string of the molecule is O=C1C2CCCC2C(=O)N1CCCBr. The van der Waals surface area contributed by atoms with E-state index < -0.39 is 0 Å². The van der Waals surface area contributed by atoms with Crippen molar-refractivity contribution in [3.8, 4) is 0 Å². The molecule has 0 radical (unpaired) electrons. The summed E-state index contributed by atoms with van der Waals surface area (Å²) in [5.74, 6) is 0.215. The maximum atomic E-state index is 11.8. The zero-order valence-electron chi connectivity index (χ0n) is 8.04. The summed E-state index contributed by atoms with van der Waals surface area (Å²) in [6.45, 7) is 0.593. The van der Waals surface area contributed by atoms with E-state index >= 15 is 0 Å². The van der Waals surface area contributed by atoms with E-state index in [9.17, 15) is 9.59 Å². The highest BCUT2D eigenvalue weighted by Gasteiger charge is 2.49. The van der Waals surface area contributed by atoms with Gasteiger partial charge in [-0.3, -0.25) is 14.5 Å². The van der Waals surface area contributed by atoms with Crippen LogP contribution in [0.3, 0.4) is 0 Å². The largest absolute Gasteiger partial charge is 0.282 e. The second-order valence-electron chi connectivity index (χ2n) is 4.01. The van der Waals surface area contributed by atoms with Gasteiger partial charge in [0.2, 0.25) is 11.8 Å². The van der Waals surface area contributed by atoms with Crippen molar-refractivity contribution in [2.45, 2.75) is 25.7 Å². The molecule has 2 fully saturated rings. The molecule has 78 valence electrons. The van der Waals surface area contributed by atoms with E-state index in [0.29, 0.717) is 6.54 Å². The van der Waals surface area contributed by atoms with Gasteiger partial charge in [-0.15, -0.1) is 0 Å². The summed E-state index contributed by atoms with van der Waals surface area (Å²) in [7, 11) is 0. The molecular weight excluding hydrogens is 246 g/mol. The summed E-state index contributed by atoms with van der Waals surface area (Å²) in [4.78, 5) is 25.1. The molecular formula is C10H14BrNO2. The second kappa shape index (κ2) is 4.01. The third kappa shape index (κ3) is 1.49. The number of carbonyl (C=O) groups excluding carboxylic acids is 2. The Morgan fingerprint density at radius 2 is 1.79 bits per heavy atom. The molecule has 2 rings (SSSR count). The maximum Gasteiger partial charge on any atom is 0.233 e. The van der Waals surface area contributed by atoms with Crippen molar-refractivity contribution < 1.29 is 9.59 Å². The van der Waals surface area contributed by atoms with E-state index in [2.05, 4.69) is 15.9 Å². The van der Waals surface area contributed by atoms with Gasteiger partial charge in [0, 0.05) is 11.9 Å². The summed E-state index contributed by atoms with van der Waals surface area (Å²) in [5.41, 5.74) is 0. The zero-order chi connectivity index (χ0) is 10.1. The fourth-order valence-corrected chi connectivity index (χ4v) is 2.75. The molecule has 0 spiro atoms. The van der Waals surface area contributed by atoms with Crippen LogP contribution in [0, 0.1) is 11.8 Å². The minimum atomic E-state index is 0.0258. The van der Waals surface area contributed by atoms with Gasteiger partial charge >= 0.3 is 0 Å². The summed E-state index contributed by atoms with van der Waals surface area (Å²) < 4.78 is 0. The molecule has 1 aliphatic carbocycles. The normalized spacial score (nSPS) is 31.4. The summed E-state index contributed by atoms with van der Waals surface area (Å²) in [5, 5.41) is 0.847. The van der Waals surface area contributed by atoms with Gasteiger partial charge in [-0.2, -0.15) is 0 Å². The lowest BCUT2D eigenvalue weighted by atomic mass is 10.00. The highest BCUT2D eigenvalue weighted by Crippen LogP contribution is 2.39. The molecule has 1 heterocycles. The molecule has 0 aromatic rings. The van der Waals surface area contributed by atoms with E-state index in [1.54, 1.807) is 0 Å². The van der Waals surface area contributed by atoms with Crippen molar-refractivity contribution in [2.24, 2.45) is 11.8 Å². The fraction of sp³-hybridized carbons (Fsp3) is 0.800. The lowest BCUT2D eigenvalue weighted by molar-refractivity contribution is -0.140. The number of halogens is 1. The zero-order valence-corrected chi connectivity index (χ0v) is 9.63. The van der Waals surface area contributed by atoms with Gasteiger partial charge in [0.15, 0.2) is 0 Å². The highest BCUT2D eigenvalue weighted by molar-refractivity contribution is 9.09. The molecule has 14 heavy (non-hydrogen) atoms. The van der Waals surface area contributed by atoms with Crippen LogP contribution in [0.4, 0.5) is 0 Å². The monoisotopic (exact) mass is 259 g/mol. The molecule has 2 atom stereocenters. The number of likely N-dealkylation sites (tertiary alicyclic amines) is 1. The number of alkyl halides is 1. The predicted octanol–water partition coefficient (Wildman–Crippen LogP) is 1.56. The highest BCUT2D eigenvalue weighted by atomic mass is 79.9. The van der Waals surface area contributed by atoms with E-state index in [1.165, 1.54) is 4.90 Å². The average molecular weight is 260 g/mol. The Labute approximate surface area is 92.0 Å². The number of nitrogens with zero attached hydrogens (tertiary/aromatic N) is 1. The van der Waals surface area contributed by atoms with Crippen LogP contribution in [-0.2, 0) is 9.59 Å². The smallest absolute Gasteiger partial charge is 0.233 e. The molecule has 2 unspecified atom stereocenters. The Morgan fingerprint density at radius 1 is 1.21 bits per heavy atom. The first-order valence-electron chi connectivity index (χ1n) is 5.17. The number of imide groups is 1. The van der Waals surface area contributed by atoms with Gasteiger partial charge in [-0.25, -0.2) is 0 Å². The Kier molecular flexibility index (Phi) is 2.91.